The van der Waals surface area contributed by atoms with E-state index in [0.29, 0.717) is 24.5 Å². The molecule has 1 aromatic carbocycles. The topological polar surface area (TPSA) is 91.8 Å². The van der Waals surface area contributed by atoms with Crippen LogP contribution in [0.2, 0.25) is 0 Å². The number of nitrogens with one attached hydrogen (secondary N) is 1. The lowest BCUT2D eigenvalue weighted by molar-refractivity contribution is -0.149. The number of aromatic nitrogens is 1. The molecule has 0 spiro atoms. The molecule has 1 saturated heterocycles. The summed E-state index contributed by atoms with van der Waals surface area (Å²) in [6, 6.07) is 9.32. The molecule has 0 radical (unpaired) electrons. The van der Waals surface area contributed by atoms with Crippen molar-refractivity contribution in [3.8, 4) is 17.0 Å². The number of ether oxygens (including phenoxy) is 1. The number of carboxylic acids is 1. The van der Waals surface area contributed by atoms with Crippen molar-refractivity contribution >= 4 is 17.7 Å². The van der Waals surface area contributed by atoms with E-state index in [9.17, 15) is 14.7 Å². The van der Waals surface area contributed by atoms with Gasteiger partial charge in [0.1, 0.15) is 0 Å². The zero-order chi connectivity index (χ0) is 20.6. The second-order valence-electron chi connectivity index (χ2n) is 7.98. The number of rotatable bonds is 4. The standard InChI is InChI=1S/C22H25N3O4/c1-14-5-6-15(16-7-8-19(29-2)23-11-16)10-18(14)24-21(28)25-12-17-4-3-9-22(17,13-25)20(26)27/h5-8,10-11,17H,3-4,9,12-13H2,1-2H3,(H,24,28)(H,26,27)/t17-,22+/m0/s1. The minimum absolute atomic E-state index is 0.0450. The monoisotopic (exact) mass is 395 g/mol. The van der Waals surface area contributed by atoms with Crippen LogP contribution >= 0.6 is 0 Å². The van der Waals surface area contributed by atoms with Gasteiger partial charge in [-0.05, 0) is 48.9 Å². The lowest BCUT2D eigenvalue weighted by Gasteiger charge is -2.23. The highest BCUT2D eigenvalue weighted by Gasteiger charge is 2.55. The fourth-order valence-corrected chi connectivity index (χ4v) is 4.60. The van der Waals surface area contributed by atoms with E-state index in [4.69, 9.17) is 4.74 Å². The maximum atomic E-state index is 12.9. The van der Waals surface area contributed by atoms with E-state index in [0.717, 1.165) is 29.5 Å². The molecular weight excluding hydrogens is 370 g/mol. The third kappa shape index (κ3) is 3.41. The molecule has 7 heteroatoms. The molecule has 2 amide bonds. The zero-order valence-electron chi connectivity index (χ0n) is 16.6. The van der Waals surface area contributed by atoms with Gasteiger partial charge in [-0.2, -0.15) is 0 Å². The number of methoxy groups -OCH3 is 1. The Morgan fingerprint density at radius 3 is 2.72 bits per heavy atom. The number of amides is 2. The minimum Gasteiger partial charge on any atom is -0.481 e. The lowest BCUT2D eigenvalue weighted by Crippen LogP contribution is -2.38. The van der Waals surface area contributed by atoms with Gasteiger partial charge in [0.15, 0.2) is 0 Å². The Labute approximate surface area is 169 Å². The molecule has 0 bridgehead atoms. The molecule has 4 rings (SSSR count). The van der Waals surface area contributed by atoms with E-state index in [-0.39, 0.29) is 18.5 Å². The van der Waals surface area contributed by atoms with Crippen LogP contribution in [-0.4, -0.2) is 47.2 Å². The van der Waals surface area contributed by atoms with Crippen molar-refractivity contribution in [3.05, 3.63) is 42.1 Å². The quantitative estimate of drug-likeness (QED) is 0.822. The maximum Gasteiger partial charge on any atom is 0.321 e. The summed E-state index contributed by atoms with van der Waals surface area (Å²) in [6.07, 6.45) is 4.17. The van der Waals surface area contributed by atoms with Crippen molar-refractivity contribution in [1.29, 1.82) is 0 Å². The molecule has 152 valence electrons. The van der Waals surface area contributed by atoms with E-state index in [2.05, 4.69) is 10.3 Å². The van der Waals surface area contributed by atoms with Crippen LogP contribution in [0.3, 0.4) is 0 Å². The van der Waals surface area contributed by atoms with Crippen molar-refractivity contribution in [2.45, 2.75) is 26.2 Å². The molecule has 2 aromatic rings. The summed E-state index contributed by atoms with van der Waals surface area (Å²) in [4.78, 5) is 30.6. The van der Waals surface area contributed by atoms with E-state index >= 15 is 0 Å². The summed E-state index contributed by atoms with van der Waals surface area (Å²) in [5, 5.41) is 12.7. The van der Waals surface area contributed by atoms with E-state index in [1.54, 1.807) is 24.3 Å². The van der Waals surface area contributed by atoms with Gasteiger partial charge >= 0.3 is 12.0 Å². The minimum atomic E-state index is -0.777. The summed E-state index contributed by atoms with van der Waals surface area (Å²) in [6.45, 7) is 2.71. The largest absolute Gasteiger partial charge is 0.481 e. The molecule has 2 fully saturated rings. The number of carbonyl (C=O) groups excluding carboxylic acids is 1. The van der Waals surface area contributed by atoms with Gasteiger partial charge in [0.05, 0.1) is 12.5 Å². The third-order valence-electron chi connectivity index (χ3n) is 6.34. The number of hydrogen-bond acceptors (Lipinski definition) is 4. The zero-order valence-corrected chi connectivity index (χ0v) is 16.6. The third-order valence-corrected chi connectivity index (χ3v) is 6.34. The number of aliphatic carboxylic acids is 1. The van der Waals surface area contributed by atoms with Crippen LogP contribution < -0.4 is 10.1 Å². The number of benzene rings is 1. The second kappa shape index (κ2) is 7.39. The SMILES string of the molecule is COc1ccc(-c2ccc(C)c(NC(=O)N3C[C@@H]4CCC[C@@]4(C(=O)O)C3)c2)cn1. The fraction of sp³-hybridized carbons (Fsp3) is 0.409. The van der Waals surface area contributed by atoms with Gasteiger partial charge in [-0.1, -0.05) is 18.6 Å². The summed E-state index contributed by atoms with van der Waals surface area (Å²) in [5.74, 6) is -0.189. The van der Waals surface area contributed by atoms with Crippen LogP contribution in [0, 0.1) is 18.3 Å². The molecule has 2 heterocycles. The predicted molar refractivity (Wildman–Crippen MR) is 109 cm³/mol. The second-order valence-corrected chi connectivity index (χ2v) is 7.98. The maximum absolute atomic E-state index is 12.9. The van der Waals surface area contributed by atoms with Crippen molar-refractivity contribution in [1.82, 2.24) is 9.88 Å². The molecule has 1 aliphatic carbocycles. The summed E-state index contributed by atoms with van der Waals surface area (Å²) >= 11 is 0. The number of carbonyl (C=O) groups is 2. The summed E-state index contributed by atoms with van der Waals surface area (Å²) in [5.41, 5.74) is 2.73. The first-order valence-corrected chi connectivity index (χ1v) is 9.83. The molecule has 1 aromatic heterocycles. The summed E-state index contributed by atoms with van der Waals surface area (Å²) in [7, 11) is 1.57. The van der Waals surface area contributed by atoms with Crippen LogP contribution in [-0.2, 0) is 4.79 Å². The Morgan fingerprint density at radius 2 is 2.07 bits per heavy atom. The normalized spacial score (nSPS) is 23.0. The van der Waals surface area contributed by atoms with Gasteiger partial charge in [-0.15, -0.1) is 0 Å². The van der Waals surface area contributed by atoms with Gasteiger partial charge in [0.25, 0.3) is 0 Å². The fourth-order valence-electron chi connectivity index (χ4n) is 4.60. The van der Waals surface area contributed by atoms with Crippen LogP contribution in [0.4, 0.5) is 10.5 Å². The first kappa shape index (κ1) is 19.2. The Hall–Kier alpha value is -3.09. The lowest BCUT2D eigenvalue weighted by atomic mass is 9.81. The van der Waals surface area contributed by atoms with Crippen LogP contribution in [0.25, 0.3) is 11.1 Å². The van der Waals surface area contributed by atoms with E-state index in [1.807, 2.05) is 31.2 Å². The number of likely N-dealkylation sites (tertiary alicyclic amines) is 1. The molecule has 1 aliphatic heterocycles. The predicted octanol–water partition coefficient (Wildman–Crippen LogP) is 3.78. The Balaban J connectivity index is 1.52. The van der Waals surface area contributed by atoms with Gasteiger partial charge in [-0.25, -0.2) is 9.78 Å². The smallest absolute Gasteiger partial charge is 0.321 e. The van der Waals surface area contributed by atoms with Crippen molar-refractivity contribution < 1.29 is 19.4 Å². The van der Waals surface area contributed by atoms with Crippen molar-refractivity contribution in [2.75, 3.05) is 25.5 Å². The summed E-state index contributed by atoms with van der Waals surface area (Å²) < 4.78 is 5.10. The number of urea groups is 1. The highest BCUT2D eigenvalue weighted by molar-refractivity contribution is 5.92. The molecule has 0 unspecified atom stereocenters. The van der Waals surface area contributed by atoms with Crippen molar-refractivity contribution in [3.63, 3.8) is 0 Å². The number of fused-ring (bicyclic) bond motifs is 1. The van der Waals surface area contributed by atoms with Gasteiger partial charge in [0, 0.05) is 36.6 Å². The Bertz CT molecular complexity index is 944. The van der Waals surface area contributed by atoms with E-state index < -0.39 is 11.4 Å². The molecule has 2 N–H and O–H groups in total. The van der Waals surface area contributed by atoms with Crippen LogP contribution in [0.5, 0.6) is 5.88 Å². The highest BCUT2D eigenvalue weighted by Crippen LogP contribution is 2.49. The number of carboxylic acid groups (broad SMARTS) is 1. The molecule has 7 nitrogen and oxygen atoms in total. The number of anilines is 1. The first-order chi connectivity index (χ1) is 13.9. The molecule has 2 atom stereocenters. The van der Waals surface area contributed by atoms with Gasteiger partial charge < -0.3 is 20.1 Å². The van der Waals surface area contributed by atoms with Crippen molar-refractivity contribution in [2.24, 2.45) is 11.3 Å². The Morgan fingerprint density at radius 1 is 1.28 bits per heavy atom. The number of pyridine rings is 1. The van der Waals surface area contributed by atoms with Crippen LogP contribution in [0.1, 0.15) is 24.8 Å². The molecular formula is C22H25N3O4. The van der Waals surface area contributed by atoms with Gasteiger partial charge in [0.2, 0.25) is 5.88 Å². The average Bonchev–Trinajstić information content (AvgIpc) is 3.28. The first-order valence-electron chi connectivity index (χ1n) is 9.83. The molecule has 1 saturated carbocycles. The molecule has 2 aliphatic rings. The van der Waals surface area contributed by atoms with Gasteiger partial charge in [-0.3, -0.25) is 4.79 Å². The number of hydrogen-bond donors (Lipinski definition) is 2. The highest BCUT2D eigenvalue weighted by atomic mass is 16.5. The molecule has 29 heavy (non-hydrogen) atoms. The number of nitrogens with zero attached hydrogens (tertiary/aromatic N) is 2. The average molecular weight is 395 g/mol. The van der Waals surface area contributed by atoms with E-state index in [1.165, 1.54) is 0 Å². The van der Waals surface area contributed by atoms with Crippen LogP contribution in [0.15, 0.2) is 36.5 Å². The number of aryl methyl sites for hydroxylation is 1. The Kier molecular flexibility index (Phi) is 4.90.